The van der Waals surface area contributed by atoms with Crippen molar-refractivity contribution in [3.8, 4) is 11.3 Å². The van der Waals surface area contributed by atoms with Gasteiger partial charge in [-0.25, -0.2) is 13.9 Å². The molecule has 4 nitrogen and oxygen atoms in total. The van der Waals surface area contributed by atoms with Crippen molar-refractivity contribution < 1.29 is 14.5 Å². The van der Waals surface area contributed by atoms with Crippen LogP contribution >= 0.6 is 0 Å². The first-order chi connectivity index (χ1) is 7.61. The minimum Gasteiger partial charge on any atom is -0.475 e. The summed E-state index contributed by atoms with van der Waals surface area (Å²) in [6, 6.07) is 9.51. The van der Waals surface area contributed by atoms with Gasteiger partial charge in [-0.3, -0.25) is 0 Å². The van der Waals surface area contributed by atoms with Crippen molar-refractivity contribution in [1.82, 2.24) is 4.57 Å². The minimum absolute atomic E-state index is 0.300. The number of carboxylic acids is 1. The Bertz CT molecular complexity index is 529. The van der Waals surface area contributed by atoms with Crippen LogP contribution in [0, 0.1) is 0 Å². The number of aromatic carboxylic acids is 1. The summed E-state index contributed by atoms with van der Waals surface area (Å²) in [5.74, 6) is -0.915. The van der Waals surface area contributed by atoms with Crippen LogP contribution in [0.5, 0.6) is 0 Å². The van der Waals surface area contributed by atoms with E-state index in [1.807, 2.05) is 41.9 Å². The van der Waals surface area contributed by atoms with Crippen LogP contribution in [0.25, 0.3) is 11.3 Å². The number of aryl methyl sites for hydroxylation is 2. The van der Waals surface area contributed by atoms with Gasteiger partial charge >= 0.3 is 5.97 Å². The van der Waals surface area contributed by atoms with Gasteiger partial charge in [-0.05, 0) is 0 Å². The van der Waals surface area contributed by atoms with Gasteiger partial charge in [0.05, 0.1) is 14.1 Å². The SMILES string of the molecule is Cn1c[n+](C)c(-c2ccccc2)c1C(=O)O. The van der Waals surface area contributed by atoms with Crippen LogP contribution in [-0.4, -0.2) is 15.6 Å². The molecule has 0 atom stereocenters. The smallest absolute Gasteiger partial charge is 0.380 e. The molecule has 0 spiro atoms. The molecule has 0 aliphatic heterocycles. The van der Waals surface area contributed by atoms with E-state index in [2.05, 4.69) is 0 Å². The highest BCUT2D eigenvalue weighted by Gasteiger charge is 2.26. The van der Waals surface area contributed by atoms with E-state index in [1.54, 1.807) is 17.9 Å². The molecule has 2 aromatic rings. The molecule has 2 rings (SSSR count). The zero-order valence-electron chi connectivity index (χ0n) is 9.21. The van der Waals surface area contributed by atoms with Gasteiger partial charge in [0.2, 0.25) is 6.33 Å². The number of hydrogen-bond donors (Lipinski definition) is 1. The predicted molar refractivity (Wildman–Crippen MR) is 59.0 cm³/mol. The van der Waals surface area contributed by atoms with Crippen molar-refractivity contribution in [3.63, 3.8) is 0 Å². The number of rotatable bonds is 2. The first-order valence-electron chi connectivity index (χ1n) is 4.95. The molecule has 0 saturated heterocycles. The normalized spacial score (nSPS) is 10.4. The summed E-state index contributed by atoms with van der Waals surface area (Å²) in [5.41, 5.74) is 1.92. The topological polar surface area (TPSA) is 46.1 Å². The lowest BCUT2D eigenvalue weighted by molar-refractivity contribution is -0.660. The summed E-state index contributed by atoms with van der Waals surface area (Å²) < 4.78 is 3.43. The summed E-state index contributed by atoms with van der Waals surface area (Å²) in [6.07, 6.45) is 1.76. The lowest BCUT2D eigenvalue weighted by Gasteiger charge is -1.98. The molecule has 82 valence electrons. The minimum atomic E-state index is -0.915. The Hall–Kier alpha value is -2.10. The largest absolute Gasteiger partial charge is 0.475 e. The first kappa shape index (κ1) is 10.4. The van der Waals surface area contributed by atoms with Crippen molar-refractivity contribution in [3.05, 3.63) is 42.4 Å². The van der Waals surface area contributed by atoms with Crippen LogP contribution in [0.15, 0.2) is 36.7 Å². The quantitative estimate of drug-likeness (QED) is 0.769. The second-order valence-electron chi connectivity index (χ2n) is 3.71. The highest BCUT2D eigenvalue weighted by molar-refractivity contribution is 5.92. The number of imidazole rings is 1. The molecule has 0 bridgehead atoms. The number of nitrogens with zero attached hydrogens (tertiary/aromatic N) is 2. The van der Waals surface area contributed by atoms with Crippen LogP contribution in [-0.2, 0) is 14.1 Å². The molecule has 0 aliphatic rings. The van der Waals surface area contributed by atoms with E-state index in [0.29, 0.717) is 5.69 Å². The molecule has 1 aromatic carbocycles. The third-order valence-electron chi connectivity index (χ3n) is 2.53. The maximum atomic E-state index is 11.2. The number of carbonyl (C=O) groups is 1. The molecule has 0 radical (unpaired) electrons. The average molecular weight is 217 g/mol. The van der Waals surface area contributed by atoms with E-state index in [0.717, 1.165) is 11.3 Å². The summed E-state index contributed by atoms with van der Waals surface area (Å²) in [7, 11) is 3.57. The Labute approximate surface area is 93.4 Å². The number of aromatic nitrogens is 2. The standard InChI is InChI=1S/C12H12N2O2/c1-13-8-14(2)11(12(15)16)10(13)9-6-4-3-5-7-9/h3-8H,1-2H3/p+1. The Balaban J connectivity index is 2.69. The summed E-state index contributed by atoms with van der Waals surface area (Å²) >= 11 is 0. The van der Waals surface area contributed by atoms with Gasteiger partial charge < -0.3 is 5.11 Å². The van der Waals surface area contributed by atoms with Gasteiger partial charge in [-0.1, -0.05) is 30.3 Å². The second-order valence-corrected chi connectivity index (χ2v) is 3.71. The van der Waals surface area contributed by atoms with Crippen LogP contribution < -0.4 is 4.57 Å². The summed E-state index contributed by atoms with van der Waals surface area (Å²) in [6.45, 7) is 0. The molecule has 1 N–H and O–H groups in total. The predicted octanol–water partition coefficient (Wildman–Crippen LogP) is 1.21. The Morgan fingerprint density at radius 3 is 2.50 bits per heavy atom. The van der Waals surface area contributed by atoms with Crippen LogP contribution in [0.4, 0.5) is 0 Å². The third kappa shape index (κ3) is 1.58. The van der Waals surface area contributed by atoms with Crippen molar-refractivity contribution in [2.45, 2.75) is 0 Å². The Morgan fingerprint density at radius 2 is 1.94 bits per heavy atom. The average Bonchev–Trinajstić information content (AvgIpc) is 2.55. The van der Waals surface area contributed by atoms with E-state index in [-0.39, 0.29) is 0 Å². The summed E-state index contributed by atoms with van der Waals surface area (Å²) in [5, 5.41) is 9.19. The molecule has 16 heavy (non-hydrogen) atoms. The van der Waals surface area contributed by atoms with E-state index >= 15 is 0 Å². The molecule has 4 heteroatoms. The molecule has 0 amide bonds. The monoisotopic (exact) mass is 217 g/mol. The third-order valence-corrected chi connectivity index (χ3v) is 2.53. The van der Waals surface area contributed by atoms with E-state index in [9.17, 15) is 9.90 Å². The highest BCUT2D eigenvalue weighted by Crippen LogP contribution is 2.19. The molecule has 0 aliphatic carbocycles. The first-order valence-corrected chi connectivity index (χ1v) is 4.95. The van der Waals surface area contributed by atoms with Gasteiger partial charge in [-0.15, -0.1) is 0 Å². The van der Waals surface area contributed by atoms with E-state index in [1.165, 1.54) is 0 Å². The van der Waals surface area contributed by atoms with Crippen LogP contribution in [0.3, 0.4) is 0 Å². The van der Waals surface area contributed by atoms with Gasteiger partial charge in [0.25, 0.3) is 5.69 Å². The van der Waals surface area contributed by atoms with E-state index < -0.39 is 5.97 Å². The van der Waals surface area contributed by atoms with Gasteiger partial charge in [0.1, 0.15) is 0 Å². The van der Waals surface area contributed by atoms with E-state index in [4.69, 9.17) is 0 Å². The van der Waals surface area contributed by atoms with Crippen molar-refractivity contribution in [2.75, 3.05) is 0 Å². The molecular formula is C12H13N2O2+. The maximum Gasteiger partial charge on any atom is 0.380 e. The fourth-order valence-corrected chi connectivity index (χ4v) is 1.90. The zero-order chi connectivity index (χ0) is 11.7. The van der Waals surface area contributed by atoms with Gasteiger partial charge in [0, 0.05) is 5.56 Å². The van der Waals surface area contributed by atoms with Crippen molar-refractivity contribution in [2.24, 2.45) is 14.1 Å². The van der Waals surface area contributed by atoms with Gasteiger partial charge in [-0.2, -0.15) is 0 Å². The maximum absolute atomic E-state index is 11.2. The highest BCUT2D eigenvalue weighted by atomic mass is 16.4. The molecule has 0 fully saturated rings. The second kappa shape index (κ2) is 3.81. The van der Waals surface area contributed by atoms with Gasteiger partial charge in [0.15, 0.2) is 5.69 Å². The summed E-state index contributed by atoms with van der Waals surface area (Å²) in [4.78, 5) is 11.2. The molecular weight excluding hydrogens is 204 g/mol. The molecule has 0 unspecified atom stereocenters. The Kier molecular flexibility index (Phi) is 2.48. The van der Waals surface area contributed by atoms with Crippen molar-refractivity contribution in [1.29, 1.82) is 0 Å². The lowest BCUT2D eigenvalue weighted by atomic mass is 10.1. The Morgan fingerprint density at radius 1 is 1.31 bits per heavy atom. The van der Waals surface area contributed by atoms with Crippen LogP contribution in [0.1, 0.15) is 10.5 Å². The van der Waals surface area contributed by atoms with Crippen molar-refractivity contribution >= 4 is 5.97 Å². The number of hydrogen-bond acceptors (Lipinski definition) is 1. The number of carboxylic acid groups (broad SMARTS) is 1. The lowest BCUT2D eigenvalue weighted by Crippen LogP contribution is -2.28. The number of benzene rings is 1. The fourth-order valence-electron chi connectivity index (χ4n) is 1.90. The molecule has 0 saturated carbocycles. The molecule has 1 aromatic heterocycles. The zero-order valence-corrected chi connectivity index (χ0v) is 9.21. The van der Waals surface area contributed by atoms with Crippen LogP contribution in [0.2, 0.25) is 0 Å². The molecule has 1 heterocycles. The fraction of sp³-hybridized carbons (Fsp3) is 0.167.